The molecule has 0 unspecified atom stereocenters. The maximum Gasteiger partial charge on any atom is 0.261 e. The van der Waals surface area contributed by atoms with Crippen molar-refractivity contribution in [1.29, 1.82) is 0 Å². The van der Waals surface area contributed by atoms with Crippen molar-refractivity contribution in [3.05, 3.63) is 46.2 Å². The van der Waals surface area contributed by atoms with Gasteiger partial charge in [-0.15, -0.1) is 11.3 Å². The first-order valence-electron chi connectivity index (χ1n) is 7.93. The van der Waals surface area contributed by atoms with Crippen molar-refractivity contribution in [2.45, 2.75) is 19.4 Å². The third kappa shape index (κ3) is 5.79. The minimum atomic E-state index is -0.0987. The van der Waals surface area contributed by atoms with E-state index in [1.54, 1.807) is 26.4 Å². The molecule has 2 aromatic rings. The van der Waals surface area contributed by atoms with Crippen molar-refractivity contribution < 1.29 is 19.1 Å². The predicted molar refractivity (Wildman–Crippen MR) is 97.3 cm³/mol. The maximum atomic E-state index is 11.9. The zero-order chi connectivity index (χ0) is 18.1. The Hall–Kier alpha value is -2.54. The fourth-order valence-corrected chi connectivity index (χ4v) is 2.87. The quantitative estimate of drug-likeness (QED) is 0.672. The van der Waals surface area contributed by atoms with Gasteiger partial charge >= 0.3 is 0 Å². The highest BCUT2D eigenvalue weighted by Crippen LogP contribution is 2.24. The van der Waals surface area contributed by atoms with E-state index >= 15 is 0 Å². The molecule has 0 saturated carbocycles. The van der Waals surface area contributed by atoms with Gasteiger partial charge in [-0.25, -0.2) is 0 Å². The van der Waals surface area contributed by atoms with Gasteiger partial charge in [0, 0.05) is 31.1 Å². The van der Waals surface area contributed by atoms with Gasteiger partial charge in [-0.1, -0.05) is 6.07 Å². The standard InChI is InChI=1S/C18H22N2O4S/c1-23-14-8-7-13(15(11-14)24-2)12-20-17(21)6-3-9-19-18(22)16-5-4-10-25-16/h4-5,7-8,10-11H,3,6,9,12H2,1-2H3,(H,19,22)(H,20,21). The summed E-state index contributed by atoms with van der Waals surface area (Å²) in [6.45, 7) is 0.851. The van der Waals surface area contributed by atoms with Crippen LogP contribution in [0.4, 0.5) is 0 Å². The van der Waals surface area contributed by atoms with Gasteiger partial charge in [0.25, 0.3) is 5.91 Å². The highest BCUT2D eigenvalue weighted by Gasteiger charge is 2.08. The highest BCUT2D eigenvalue weighted by atomic mass is 32.1. The summed E-state index contributed by atoms with van der Waals surface area (Å²) < 4.78 is 10.5. The topological polar surface area (TPSA) is 76.7 Å². The molecule has 0 saturated heterocycles. The monoisotopic (exact) mass is 362 g/mol. The summed E-state index contributed by atoms with van der Waals surface area (Å²) in [6, 6.07) is 9.07. The number of carbonyl (C=O) groups excluding carboxylic acids is 2. The van der Waals surface area contributed by atoms with Crippen LogP contribution in [-0.4, -0.2) is 32.6 Å². The second-order valence-electron chi connectivity index (χ2n) is 5.29. The van der Waals surface area contributed by atoms with Crippen molar-refractivity contribution in [3.63, 3.8) is 0 Å². The molecular weight excluding hydrogens is 340 g/mol. The molecule has 0 aliphatic rings. The molecular formula is C18H22N2O4S. The lowest BCUT2D eigenvalue weighted by atomic mass is 10.2. The largest absolute Gasteiger partial charge is 0.497 e. The Labute approximate surface area is 151 Å². The molecule has 7 heteroatoms. The maximum absolute atomic E-state index is 11.9. The first-order chi connectivity index (χ1) is 12.1. The lowest BCUT2D eigenvalue weighted by Gasteiger charge is -2.11. The molecule has 0 radical (unpaired) electrons. The third-order valence-electron chi connectivity index (χ3n) is 3.58. The van der Waals surface area contributed by atoms with Crippen molar-refractivity contribution in [2.24, 2.45) is 0 Å². The van der Waals surface area contributed by atoms with Crippen LogP contribution in [0.15, 0.2) is 35.7 Å². The number of carbonyl (C=O) groups is 2. The predicted octanol–water partition coefficient (Wildman–Crippen LogP) is 2.59. The van der Waals surface area contributed by atoms with Gasteiger partial charge in [-0.3, -0.25) is 9.59 Å². The summed E-state index contributed by atoms with van der Waals surface area (Å²) in [5.74, 6) is 1.21. The molecule has 1 heterocycles. The first kappa shape index (κ1) is 18.8. The van der Waals surface area contributed by atoms with E-state index in [0.717, 1.165) is 5.56 Å². The van der Waals surface area contributed by atoms with E-state index in [4.69, 9.17) is 9.47 Å². The van der Waals surface area contributed by atoms with Gasteiger partial charge in [0.2, 0.25) is 5.91 Å². The summed E-state index contributed by atoms with van der Waals surface area (Å²) in [7, 11) is 3.17. The van der Waals surface area contributed by atoms with Crippen molar-refractivity contribution in [1.82, 2.24) is 10.6 Å². The van der Waals surface area contributed by atoms with Crippen LogP contribution >= 0.6 is 11.3 Å². The average molecular weight is 362 g/mol. The highest BCUT2D eigenvalue weighted by molar-refractivity contribution is 7.12. The van der Waals surface area contributed by atoms with E-state index in [0.29, 0.717) is 42.3 Å². The van der Waals surface area contributed by atoms with Gasteiger partial charge in [0.05, 0.1) is 19.1 Å². The summed E-state index contributed by atoms with van der Waals surface area (Å²) in [6.07, 6.45) is 0.936. The number of methoxy groups -OCH3 is 2. The summed E-state index contributed by atoms with van der Waals surface area (Å²) in [4.78, 5) is 24.4. The number of hydrogen-bond donors (Lipinski definition) is 2. The summed E-state index contributed by atoms with van der Waals surface area (Å²) in [5.41, 5.74) is 0.877. The van der Waals surface area contributed by atoms with Crippen LogP contribution in [0, 0.1) is 0 Å². The van der Waals surface area contributed by atoms with Gasteiger partial charge in [0.1, 0.15) is 11.5 Å². The van der Waals surface area contributed by atoms with E-state index < -0.39 is 0 Å². The molecule has 6 nitrogen and oxygen atoms in total. The molecule has 1 aromatic carbocycles. The lowest BCUT2D eigenvalue weighted by molar-refractivity contribution is -0.121. The van der Waals surface area contributed by atoms with Gasteiger partial charge in [-0.05, 0) is 30.0 Å². The van der Waals surface area contributed by atoms with Crippen LogP contribution in [0.25, 0.3) is 0 Å². The Morgan fingerprint density at radius 3 is 2.64 bits per heavy atom. The fraction of sp³-hybridized carbons (Fsp3) is 0.333. The minimum absolute atomic E-state index is 0.0664. The normalized spacial score (nSPS) is 10.2. The average Bonchev–Trinajstić information content (AvgIpc) is 3.18. The Balaban J connectivity index is 1.69. The molecule has 0 atom stereocenters. The Morgan fingerprint density at radius 2 is 1.96 bits per heavy atom. The Bertz CT molecular complexity index is 701. The Kier molecular flexibility index (Phi) is 7.28. The summed E-state index contributed by atoms with van der Waals surface area (Å²) >= 11 is 1.40. The third-order valence-corrected chi connectivity index (χ3v) is 4.45. The van der Waals surface area contributed by atoms with Crippen LogP contribution in [-0.2, 0) is 11.3 Å². The molecule has 1 aromatic heterocycles. The molecule has 0 bridgehead atoms. The van der Waals surface area contributed by atoms with Crippen LogP contribution in [0.3, 0.4) is 0 Å². The number of rotatable bonds is 9. The van der Waals surface area contributed by atoms with Gasteiger partial charge in [0.15, 0.2) is 0 Å². The van der Waals surface area contributed by atoms with Crippen LogP contribution in [0.2, 0.25) is 0 Å². The number of amides is 2. The van der Waals surface area contributed by atoms with Gasteiger partial charge < -0.3 is 20.1 Å². The number of hydrogen-bond acceptors (Lipinski definition) is 5. The molecule has 25 heavy (non-hydrogen) atoms. The molecule has 0 aliphatic heterocycles. The molecule has 2 N–H and O–H groups in total. The molecule has 134 valence electrons. The second-order valence-corrected chi connectivity index (χ2v) is 6.24. The van der Waals surface area contributed by atoms with Crippen molar-refractivity contribution in [3.8, 4) is 11.5 Å². The molecule has 2 rings (SSSR count). The van der Waals surface area contributed by atoms with E-state index in [1.165, 1.54) is 11.3 Å². The minimum Gasteiger partial charge on any atom is -0.497 e. The van der Waals surface area contributed by atoms with E-state index in [9.17, 15) is 9.59 Å². The van der Waals surface area contributed by atoms with E-state index in [2.05, 4.69) is 10.6 Å². The number of thiophene rings is 1. The van der Waals surface area contributed by atoms with Crippen LogP contribution in [0.5, 0.6) is 11.5 Å². The molecule has 0 fully saturated rings. The first-order valence-corrected chi connectivity index (χ1v) is 8.81. The molecule has 2 amide bonds. The number of ether oxygens (including phenoxy) is 2. The smallest absolute Gasteiger partial charge is 0.261 e. The van der Waals surface area contributed by atoms with Crippen molar-refractivity contribution >= 4 is 23.2 Å². The lowest BCUT2D eigenvalue weighted by Crippen LogP contribution is -2.27. The van der Waals surface area contributed by atoms with Crippen LogP contribution < -0.4 is 20.1 Å². The Morgan fingerprint density at radius 1 is 1.12 bits per heavy atom. The van der Waals surface area contributed by atoms with E-state index in [-0.39, 0.29) is 11.8 Å². The fourth-order valence-electron chi connectivity index (χ4n) is 2.23. The molecule has 0 aliphatic carbocycles. The SMILES string of the molecule is COc1ccc(CNC(=O)CCCNC(=O)c2cccs2)c(OC)c1. The molecule has 0 spiro atoms. The summed E-state index contributed by atoms with van der Waals surface area (Å²) in [5, 5.41) is 7.52. The van der Waals surface area contributed by atoms with Gasteiger partial charge in [-0.2, -0.15) is 0 Å². The van der Waals surface area contributed by atoms with Crippen molar-refractivity contribution in [2.75, 3.05) is 20.8 Å². The van der Waals surface area contributed by atoms with E-state index in [1.807, 2.05) is 23.6 Å². The number of benzene rings is 1. The second kappa shape index (κ2) is 9.68. The van der Waals surface area contributed by atoms with Crippen LogP contribution in [0.1, 0.15) is 28.1 Å². The number of nitrogens with one attached hydrogen (secondary N) is 2. The zero-order valence-corrected chi connectivity index (χ0v) is 15.2. The zero-order valence-electron chi connectivity index (χ0n) is 14.3.